The average molecular weight is 598 g/mol. The summed E-state index contributed by atoms with van der Waals surface area (Å²) in [5, 5.41) is 1.21. The molecule has 0 spiro atoms. The third-order valence-corrected chi connectivity index (χ3v) is 11.1. The number of sulfonamides is 1. The van der Waals surface area contributed by atoms with Crippen molar-refractivity contribution in [2.75, 3.05) is 44.2 Å². The lowest BCUT2D eigenvalue weighted by atomic mass is 9.89. The third kappa shape index (κ3) is 5.86. The molecule has 41 heavy (non-hydrogen) atoms. The summed E-state index contributed by atoms with van der Waals surface area (Å²) in [6, 6.07) is 6.23. The van der Waals surface area contributed by atoms with Crippen LogP contribution in [0, 0.1) is 5.92 Å². The standard InChI is InChI=1S/C30H39N5O4S2/c1-19(2)27-32-28(26-24-11-6-20(3)17-25(24)40-29(26)33-27)34-12-14-35(15-13-34)30(36)21-7-9-23(10-8-21)41(37,38)31-18-22-5-4-16-39-22/h7-10,19-20,22,31H,4-6,11-18H2,1-3H3. The molecule has 1 amide bonds. The number of carbonyl (C=O) groups excluding carboxylic acids is 1. The summed E-state index contributed by atoms with van der Waals surface area (Å²) >= 11 is 1.83. The van der Waals surface area contributed by atoms with Crippen LogP contribution in [-0.2, 0) is 27.6 Å². The van der Waals surface area contributed by atoms with E-state index in [9.17, 15) is 13.2 Å². The smallest absolute Gasteiger partial charge is 0.253 e. The number of ether oxygens (including phenoxy) is 1. The first-order valence-electron chi connectivity index (χ1n) is 14.8. The zero-order chi connectivity index (χ0) is 28.7. The molecule has 2 fully saturated rings. The Morgan fingerprint density at radius 2 is 1.88 bits per heavy atom. The predicted octanol–water partition coefficient (Wildman–Crippen LogP) is 4.36. The summed E-state index contributed by atoms with van der Waals surface area (Å²) in [5.74, 6) is 2.74. The quantitative estimate of drug-likeness (QED) is 0.432. The molecule has 0 radical (unpaired) electrons. The molecule has 3 aromatic rings. The molecular formula is C30H39N5O4S2. The van der Waals surface area contributed by atoms with Gasteiger partial charge in [-0.25, -0.2) is 23.1 Å². The lowest BCUT2D eigenvalue weighted by Crippen LogP contribution is -2.49. The molecule has 2 atom stereocenters. The fourth-order valence-corrected chi connectivity index (χ4v) is 8.45. The largest absolute Gasteiger partial charge is 0.377 e. The van der Waals surface area contributed by atoms with Crippen LogP contribution in [0.5, 0.6) is 0 Å². The molecule has 220 valence electrons. The maximum absolute atomic E-state index is 13.3. The summed E-state index contributed by atoms with van der Waals surface area (Å²) in [6.45, 7) is 10.1. The van der Waals surface area contributed by atoms with E-state index in [1.165, 1.54) is 34.4 Å². The molecule has 9 nitrogen and oxygen atoms in total. The molecule has 2 aromatic heterocycles. The molecule has 3 aliphatic rings. The second-order valence-corrected chi connectivity index (χ2v) is 14.7. The number of carbonyl (C=O) groups is 1. The van der Waals surface area contributed by atoms with Crippen LogP contribution in [0.15, 0.2) is 29.2 Å². The Hall–Kier alpha value is -2.60. The number of aryl methyl sites for hydroxylation is 1. The van der Waals surface area contributed by atoms with Gasteiger partial charge in [-0.2, -0.15) is 0 Å². The molecule has 11 heteroatoms. The van der Waals surface area contributed by atoms with E-state index < -0.39 is 10.0 Å². The number of anilines is 1. The highest BCUT2D eigenvalue weighted by atomic mass is 32.2. The molecular weight excluding hydrogens is 558 g/mol. The fourth-order valence-electron chi connectivity index (χ4n) is 6.00. The number of fused-ring (bicyclic) bond motifs is 3. The number of benzene rings is 1. The summed E-state index contributed by atoms with van der Waals surface area (Å²) in [4.78, 5) is 30.2. The molecule has 0 saturated carbocycles. The van der Waals surface area contributed by atoms with Gasteiger partial charge in [0.2, 0.25) is 10.0 Å². The second-order valence-electron chi connectivity index (χ2n) is 11.9. The van der Waals surface area contributed by atoms with Crippen molar-refractivity contribution >= 4 is 43.3 Å². The van der Waals surface area contributed by atoms with Crippen molar-refractivity contribution < 1.29 is 17.9 Å². The summed E-state index contributed by atoms with van der Waals surface area (Å²) in [6.07, 6.45) is 5.11. The normalized spacial score (nSPS) is 21.6. The van der Waals surface area contributed by atoms with Gasteiger partial charge < -0.3 is 14.5 Å². The Bertz CT molecular complexity index is 1520. The first-order chi connectivity index (χ1) is 19.7. The van der Waals surface area contributed by atoms with Crippen LogP contribution < -0.4 is 9.62 Å². The van der Waals surface area contributed by atoms with E-state index in [-0.39, 0.29) is 29.4 Å². The molecule has 2 unspecified atom stereocenters. The number of hydrogen-bond donors (Lipinski definition) is 1. The molecule has 1 N–H and O–H groups in total. The van der Waals surface area contributed by atoms with Crippen LogP contribution in [-0.4, -0.2) is 74.6 Å². The maximum atomic E-state index is 13.3. The van der Waals surface area contributed by atoms with Crippen molar-refractivity contribution in [1.29, 1.82) is 0 Å². The van der Waals surface area contributed by atoms with Gasteiger partial charge in [-0.1, -0.05) is 20.8 Å². The Kier molecular flexibility index (Phi) is 8.06. The number of nitrogens with one attached hydrogen (secondary N) is 1. The van der Waals surface area contributed by atoms with Gasteiger partial charge >= 0.3 is 0 Å². The van der Waals surface area contributed by atoms with Crippen LogP contribution in [0.1, 0.15) is 72.6 Å². The SMILES string of the molecule is CC1CCc2c(sc3nc(C(C)C)nc(N4CCN(C(=O)c5ccc(S(=O)(=O)NCC6CCCO6)cc5)CC4)c23)C1. The molecule has 2 saturated heterocycles. The van der Waals surface area contributed by atoms with Crippen LogP contribution in [0.25, 0.3) is 10.2 Å². The van der Waals surface area contributed by atoms with E-state index in [4.69, 9.17) is 14.7 Å². The number of amides is 1. The minimum absolute atomic E-state index is 0.0754. The lowest BCUT2D eigenvalue weighted by molar-refractivity contribution is 0.0746. The highest BCUT2D eigenvalue weighted by molar-refractivity contribution is 7.89. The molecule has 1 aliphatic carbocycles. The van der Waals surface area contributed by atoms with E-state index in [2.05, 4.69) is 30.4 Å². The van der Waals surface area contributed by atoms with Crippen LogP contribution in [0.3, 0.4) is 0 Å². The lowest BCUT2D eigenvalue weighted by Gasteiger charge is -2.36. The van der Waals surface area contributed by atoms with Gasteiger partial charge in [0.15, 0.2) is 0 Å². The second kappa shape index (κ2) is 11.6. The van der Waals surface area contributed by atoms with Gasteiger partial charge in [0, 0.05) is 55.7 Å². The average Bonchev–Trinajstić information content (AvgIpc) is 3.63. The summed E-state index contributed by atoms with van der Waals surface area (Å²) < 4.78 is 33.6. The van der Waals surface area contributed by atoms with Gasteiger partial charge in [-0.3, -0.25) is 4.79 Å². The molecule has 6 rings (SSSR count). The zero-order valence-corrected chi connectivity index (χ0v) is 25.7. The van der Waals surface area contributed by atoms with E-state index in [0.717, 1.165) is 42.2 Å². The minimum Gasteiger partial charge on any atom is -0.377 e. The number of piperazine rings is 1. The van der Waals surface area contributed by atoms with Gasteiger partial charge in [-0.05, 0) is 67.9 Å². The maximum Gasteiger partial charge on any atom is 0.253 e. The fraction of sp³-hybridized carbons (Fsp3) is 0.567. The van der Waals surface area contributed by atoms with Crippen LogP contribution in [0.4, 0.5) is 5.82 Å². The van der Waals surface area contributed by atoms with Gasteiger partial charge in [0.25, 0.3) is 5.91 Å². The monoisotopic (exact) mass is 597 g/mol. The van der Waals surface area contributed by atoms with Crippen molar-refractivity contribution in [3.05, 3.63) is 46.1 Å². The van der Waals surface area contributed by atoms with E-state index in [1.54, 1.807) is 12.1 Å². The number of rotatable bonds is 7. The number of hydrogen-bond acceptors (Lipinski definition) is 8. The summed E-state index contributed by atoms with van der Waals surface area (Å²) in [5.41, 5.74) is 1.91. The first-order valence-corrected chi connectivity index (χ1v) is 17.1. The molecule has 1 aromatic carbocycles. The highest BCUT2D eigenvalue weighted by Crippen LogP contribution is 2.41. The van der Waals surface area contributed by atoms with Gasteiger partial charge in [0.1, 0.15) is 16.5 Å². The predicted molar refractivity (Wildman–Crippen MR) is 161 cm³/mol. The summed E-state index contributed by atoms with van der Waals surface area (Å²) in [7, 11) is -3.66. The van der Waals surface area contributed by atoms with Gasteiger partial charge in [0.05, 0.1) is 16.4 Å². The number of aromatic nitrogens is 2. The Balaban J connectivity index is 1.15. The molecule has 4 heterocycles. The Labute approximate surface area is 246 Å². The topological polar surface area (TPSA) is 105 Å². The van der Waals surface area contributed by atoms with E-state index >= 15 is 0 Å². The van der Waals surface area contributed by atoms with E-state index in [1.807, 2.05) is 16.2 Å². The first kappa shape index (κ1) is 28.5. The van der Waals surface area contributed by atoms with Crippen LogP contribution >= 0.6 is 11.3 Å². The van der Waals surface area contributed by atoms with Crippen molar-refractivity contribution in [1.82, 2.24) is 19.6 Å². The number of nitrogens with zero attached hydrogens (tertiary/aromatic N) is 4. The third-order valence-electron chi connectivity index (χ3n) is 8.47. The molecule has 2 aliphatic heterocycles. The minimum atomic E-state index is -3.66. The Morgan fingerprint density at radius 3 is 2.56 bits per heavy atom. The highest BCUT2D eigenvalue weighted by Gasteiger charge is 2.29. The van der Waals surface area contributed by atoms with Crippen molar-refractivity contribution in [2.45, 2.75) is 69.8 Å². The van der Waals surface area contributed by atoms with Crippen LogP contribution in [0.2, 0.25) is 0 Å². The van der Waals surface area contributed by atoms with Gasteiger partial charge in [-0.15, -0.1) is 11.3 Å². The van der Waals surface area contributed by atoms with Crippen molar-refractivity contribution in [3.8, 4) is 0 Å². The zero-order valence-electron chi connectivity index (χ0n) is 24.1. The number of thiophene rings is 1. The van der Waals surface area contributed by atoms with Crippen molar-refractivity contribution in [3.63, 3.8) is 0 Å². The molecule has 0 bridgehead atoms. The van der Waals surface area contributed by atoms with E-state index in [0.29, 0.717) is 44.3 Å². The Morgan fingerprint density at radius 1 is 1.12 bits per heavy atom. The van der Waals surface area contributed by atoms with Crippen molar-refractivity contribution in [2.24, 2.45) is 5.92 Å².